The minimum Gasteiger partial charge on any atom is -0.350 e. The maximum atomic E-state index is 13.2. The number of fused-ring (bicyclic) bond motifs is 3. The van der Waals surface area contributed by atoms with Crippen molar-refractivity contribution in [2.75, 3.05) is 5.32 Å². The maximum Gasteiger partial charge on any atom is 0.352 e. The van der Waals surface area contributed by atoms with Crippen LogP contribution < -0.4 is 21.9 Å². The van der Waals surface area contributed by atoms with Crippen LogP contribution in [-0.2, 0) is 18.4 Å². The van der Waals surface area contributed by atoms with Crippen molar-refractivity contribution in [3.8, 4) is 0 Å². The fraction of sp³-hybridized carbons (Fsp3) is 0.261. The second kappa shape index (κ2) is 9.14. The Bertz CT molecular complexity index is 1550. The van der Waals surface area contributed by atoms with Crippen LogP contribution in [0.4, 0.5) is 5.69 Å². The van der Waals surface area contributed by atoms with Crippen LogP contribution in [0.3, 0.4) is 0 Å². The molecule has 0 aliphatic heterocycles. The normalized spacial score (nSPS) is 12.1. The smallest absolute Gasteiger partial charge is 0.350 e. The highest BCUT2D eigenvalue weighted by molar-refractivity contribution is 6.33. The average Bonchev–Trinajstić information content (AvgIpc) is 3.14. The van der Waals surface area contributed by atoms with E-state index in [0.29, 0.717) is 16.3 Å². The largest absolute Gasteiger partial charge is 0.352 e. The van der Waals surface area contributed by atoms with Crippen molar-refractivity contribution in [3.05, 3.63) is 73.9 Å². The predicted molar refractivity (Wildman–Crippen MR) is 129 cm³/mol. The molecule has 0 spiro atoms. The Balaban J connectivity index is 1.78. The van der Waals surface area contributed by atoms with E-state index >= 15 is 0 Å². The molecule has 0 saturated heterocycles. The fourth-order valence-electron chi connectivity index (χ4n) is 3.54. The summed E-state index contributed by atoms with van der Waals surface area (Å²) in [6.07, 6.45) is 0.757. The lowest BCUT2D eigenvalue weighted by atomic mass is 10.1. The highest BCUT2D eigenvalue weighted by Gasteiger charge is 2.19. The van der Waals surface area contributed by atoms with E-state index in [2.05, 4.69) is 15.7 Å². The zero-order chi connectivity index (χ0) is 24.6. The summed E-state index contributed by atoms with van der Waals surface area (Å²) in [5.41, 5.74) is -0.0598. The third kappa shape index (κ3) is 4.19. The molecule has 0 bridgehead atoms. The molecule has 2 heterocycles. The first-order valence-electron chi connectivity index (χ1n) is 10.7. The molecule has 2 N–H and O–H groups in total. The van der Waals surface area contributed by atoms with Gasteiger partial charge in [-0.3, -0.25) is 19.0 Å². The number of amides is 2. The quantitative estimate of drug-likeness (QED) is 0.436. The van der Waals surface area contributed by atoms with Gasteiger partial charge in [-0.15, -0.1) is 5.10 Å². The molecule has 0 radical (unpaired) electrons. The Morgan fingerprint density at radius 3 is 2.59 bits per heavy atom. The van der Waals surface area contributed by atoms with Gasteiger partial charge in [0, 0.05) is 18.7 Å². The first-order valence-corrected chi connectivity index (χ1v) is 11.1. The van der Waals surface area contributed by atoms with E-state index in [1.807, 2.05) is 13.8 Å². The minimum absolute atomic E-state index is 0.0334. The molecule has 2 aromatic carbocycles. The van der Waals surface area contributed by atoms with Crippen molar-refractivity contribution in [2.24, 2.45) is 7.05 Å². The molecule has 11 heteroatoms. The van der Waals surface area contributed by atoms with Crippen LogP contribution in [0.15, 0.2) is 52.1 Å². The first-order chi connectivity index (χ1) is 16.2. The number of nitrogens with zero attached hydrogens (tertiary/aromatic N) is 4. The highest BCUT2D eigenvalue weighted by atomic mass is 35.5. The third-order valence-corrected chi connectivity index (χ3v) is 5.92. The van der Waals surface area contributed by atoms with Gasteiger partial charge in [-0.05, 0) is 43.7 Å². The van der Waals surface area contributed by atoms with Gasteiger partial charge in [0.15, 0.2) is 0 Å². The molecular weight excluding hydrogens is 460 g/mol. The summed E-state index contributed by atoms with van der Waals surface area (Å²) >= 11 is 6.08. The van der Waals surface area contributed by atoms with Crippen molar-refractivity contribution in [3.63, 3.8) is 0 Å². The topological polar surface area (TPSA) is 120 Å². The van der Waals surface area contributed by atoms with Gasteiger partial charge in [-0.25, -0.2) is 13.9 Å². The summed E-state index contributed by atoms with van der Waals surface area (Å²) in [6.45, 7) is 3.44. The van der Waals surface area contributed by atoms with E-state index in [9.17, 15) is 19.2 Å². The summed E-state index contributed by atoms with van der Waals surface area (Å²) in [5.74, 6) is -0.779. The summed E-state index contributed by atoms with van der Waals surface area (Å²) in [7, 11) is 1.49. The number of anilines is 1. The number of carbonyl (C=O) groups is 2. The fourth-order valence-corrected chi connectivity index (χ4v) is 3.72. The maximum absolute atomic E-state index is 13.2. The van der Waals surface area contributed by atoms with Gasteiger partial charge < -0.3 is 10.6 Å². The van der Waals surface area contributed by atoms with E-state index < -0.39 is 18.1 Å². The summed E-state index contributed by atoms with van der Waals surface area (Å²) < 4.78 is 3.41. The van der Waals surface area contributed by atoms with Crippen LogP contribution in [-0.4, -0.2) is 36.6 Å². The Hall–Kier alpha value is -3.92. The number of hydrogen-bond donors (Lipinski definition) is 2. The van der Waals surface area contributed by atoms with Gasteiger partial charge in [0.25, 0.3) is 11.5 Å². The highest BCUT2D eigenvalue weighted by Crippen LogP contribution is 2.20. The average molecular weight is 483 g/mol. The van der Waals surface area contributed by atoms with E-state index in [4.69, 9.17) is 11.6 Å². The minimum atomic E-state index is -0.621. The lowest BCUT2D eigenvalue weighted by molar-refractivity contribution is -0.117. The van der Waals surface area contributed by atoms with Crippen LogP contribution in [0, 0.1) is 0 Å². The van der Waals surface area contributed by atoms with Gasteiger partial charge >= 0.3 is 5.69 Å². The zero-order valence-corrected chi connectivity index (χ0v) is 19.6. The molecule has 34 heavy (non-hydrogen) atoms. The number of benzene rings is 2. The van der Waals surface area contributed by atoms with E-state index in [1.54, 1.807) is 30.3 Å². The standard InChI is InChI=1S/C23H23ClN6O4/c1-4-13(2)25-20(32)14-9-10-15-18(11-14)30-22(28(3)21(15)33)27-29(23(30)34)12-19(31)26-17-8-6-5-7-16(17)24/h5-11,13H,4,12H2,1-3H3,(H,25,32)(H,26,31). The third-order valence-electron chi connectivity index (χ3n) is 5.59. The number of carbonyl (C=O) groups excluding carboxylic acids is 2. The van der Waals surface area contributed by atoms with Gasteiger partial charge in [0.2, 0.25) is 11.7 Å². The van der Waals surface area contributed by atoms with Crippen LogP contribution >= 0.6 is 11.6 Å². The van der Waals surface area contributed by atoms with Gasteiger partial charge in [-0.1, -0.05) is 30.7 Å². The number of aryl methyl sites for hydroxylation is 1. The van der Waals surface area contributed by atoms with Crippen LogP contribution in [0.1, 0.15) is 30.6 Å². The van der Waals surface area contributed by atoms with E-state index in [0.717, 1.165) is 11.1 Å². The molecule has 2 aromatic heterocycles. The lowest BCUT2D eigenvalue weighted by Crippen LogP contribution is -2.32. The number of aromatic nitrogens is 4. The molecule has 10 nitrogen and oxygen atoms in total. The van der Waals surface area contributed by atoms with Crippen molar-refractivity contribution in [1.29, 1.82) is 0 Å². The second-order valence-electron chi connectivity index (χ2n) is 7.98. The van der Waals surface area contributed by atoms with Crippen molar-refractivity contribution >= 4 is 45.8 Å². The van der Waals surface area contributed by atoms with Gasteiger partial charge in [-0.2, -0.15) is 0 Å². The number of rotatable bonds is 6. The lowest BCUT2D eigenvalue weighted by Gasteiger charge is -2.12. The molecule has 4 aromatic rings. The number of nitrogens with one attached hydrogen (secondary N) is 2. The molecule has 0 saturated carbocycles. The second-order valence-corrected chi connectivity index (χ2v) is 8.39. The molecule has 2 amide bonds. The molecule has 0 aliphatic rings. The molecule has 1 atom stereocenters. The molecule has 4 rings (SSSR count). The van der Waals surface area contributed by atoms with Gasteiger partial charge in [0.1, 0.15) is 6.54 Å². The molecule has 0 fully saturated rings. The summed E-state index contributed by atoms with van der Waals surface area (Å²) in [4.78, 5) is 51.2. The molecular formula is C23H23ClN6O4. The zero-order valence-electron chi connectivity index (χ0n) is 18.8. The first kappa shape index (κ1) is 23.2. The summed E-state index contributed by atoms with van der Waals surface area (Å²) in [5, 5.41) is 10.3. The Morgan fingerprint density at radius 2 is 1.88 bits per heavy atom. The number of hydrogen-bond acceptors (Lipinski definition) is 5. The Labute approximate surface area is 198 Å². The van der Waals surface area contributed by atoms with Crippen molar-refractivity contribution < 1.29 is 9.59 Å². The molecule has 1 unspecified atom stereocenters. The van der Waals surface area contributed by atoms with Crippen LogP contribution in [0.5, 0.6) is 0 Å². The predicted octanol–water partition coefficient (Wildman–Crippen LogP) is 2.17. The Kier molecular flexibility index (Phi) is 6.25. The number of para-hydroxylation sites is 1. The van der Waals surface area contributed by atoms with Crippen molar-refractivity contribution in [2.45, 2.75) is 32.9 Å². The SMILES string of the molecule is CCC(C)NC(=O)c1ccc2c(=O)n(C)c3nn(CC(=O)Nc4ccccc4Cl)c(=O)n3c2c1. The van der Waals surface area contributed by atoms with E-state index in [-0.39, 0.29) is 34.2 Å². The van der Waals surface area contributed by atoms with Crippen molar-refractivity contribution in [1.82, 2.24) is 24.1 Å². The van der Waals surface area contributed by atoms with Gasteiger partial charge in [0.05, 0.1) is 21.6 Å². The van der Waals surface area contributed by atoms with Crippen LogP contribution in [0.2, 0.25) is 5.02 Å². The molecule has 0 aliphatic carbocycles. The molecule has 176 valence electrons. The number of halogens is 1. The van der Waals surface area contributed by atoms with Crippen LogP contribution in [0.25, 0.3) is 16.7 Å². The Morgan fingerprint density at radius 1 is 1.15 bits per heavy atom. The summed E-state index contributed by atoms with van der Waals surface area (Å²) in [6, 6.07) is 11.2. The monoisotopic (exact) mass is 482 g/mol. The van der Waals surface area contributed by atoms with E-state index in [1.165, 1.54) is 28.1 Å².